The van der Waals surface area contributed by atoms with Crippen molar-refractivity contribution in [2.45, 2.75) is 156 Å². The predicted molar refractivity (Wildman–Crippen MR) is 359 cm³/mol. The van der Waals surface area contributed by atoms with Gasteiger partial charge in [-0.25, -0.2) is 38.5 Å². The van der Waals surface area contributed by atoms with Crippen molar-refractivity contribution >= 4 is 73.5 Å². The van der Waals surface area contributed by atoms with E-state index in [-0.39, 0.29) is 11.9 Å². The molecule has 90 heavy (non-hydrogen) atoms. The highest BCUT2D eigenvalue weighted by molar-refractivity contribution is 6.01. The van der Waals surface area contributed by atoms with E-state index in [4.69, 9.17) is 49.1 Å². The van der Waals surface area contributed by atoms with E-state index in [0.717, 1.165) is 141 Å². The van der Waals surface area contributed by atoms with Crippen LogP contribution in [-0.4, -0.2) is 79.0 Å². The van der Waals surface area contributed by atoms with Crippen molar-refractivity contribution in [1.29, 1.82) is 0 Å². The number of aromatic amines is 1. The second-order valence-electron chi connectivity index (χ2n) is 24.2. The molecule has 15 rings (SSSR count). The lowest BCUT2D eigenvalue weighted by Crippen LogP contribution is -2.15. The summed E-state index contributed by atoms with van der Waals surface area (Å²) < 4.78 is 7.94. The number of aryl methyl sites for hydroxylation is 6. The highest BCUT2D eigenvalue weighted by Crippen LogP contribution is 2.40. The maximum atomic E-state index is 11.8. The molecule has 0 unspecified atom stereocenters. The van der Waals surface area contributed by atoms with E-state index < -0.39 is 5.69 Å². The van der Waals surface area contributed by atoms with Crippen molar-refractivity contribution in [2.24, 2.45) is 0 Å². The number of nitrogens with zero attached hydrogens (tertiary/aromatic N) is 15. The molecule has 12 aromatic rings. The Morgan fingerprint density at radius 1 is 0.467 bits per heavy atom. The first-order valence-electron chi connectivity index (χ1n) is 31.5. The second kappa shape index (κ2) is 25.9. The fraction of sp³-hybridized carbons (Fsp3) is 0.353. The number of fused-ring (bicyclic) bond motifs is 4. The van der Waals surface area contributed by atoms with Crippen LogP contribution >= 0.6 is 0 Å². The molecule has 22 heteroatoms. The van der Waals surface area contributed by atoms with Crippen LogP contribution in [-0.2, 0) is 6.54 Å². The summed E-state index contributed by atoms with van der Waals surface area (Å²) in [5.41, 5.74) is 45.1. The molecule has 0 spiro atoms. The minimum absolute atomic E-state index is 0.199. The number of aromatic nitrogens is 16. The third-order valence-corrected chi connectivity index (χ3v) is 17.4. The zero-order valence-corrected chi connectivity index (χ0v) is 52.2. The SMILES string of the molecule is CCCCn1nc(-c2cccc(C)c2)c2cnc(N)nc21.Cc1ccc(-c2nn(C3CCCC3)c3nc(=O)[nH]c(N)c23)cc1.Cc1ccc(-c2nn(C3CCCC3)c3nc(C)nc(N)c23)cc1.Cc1ccc(-c2nn(C3CCCC3)c3nc(N)nc(N)c23)cc1. The third kappa shape index (κ3) is 12.5. The van der Waals surface area contributed by atoms with Gasteiger partial charge in [0.25, 0.3) is 0 Å². The first-order valence-corrected chi connectivity index (χ1v) is 31.5. The first kappa shape index (κ1) is 60.2. The lowest BCUT2D eigenvalue weighted by molar-refractivity contribution is 0.479. The summed E-state index contributed by atoms with van der Waals surface area (Å²) in [5.74, 6) is 2.43. The molecule has 3 aliphatic carbocycles. The Hall–Kier alpha value is -10.1. The lowest BCUT2D eigenvalue weighted by atomic mass is 10.1. The molecule has 0 radical (unpaired) electrons. The molecule has 3 aliphatic rings. The summed E-state index contributed by atoms with van der Waals surface area (Å²) in [5, 5.41) is 22.7. The maximum Gasteiger partial charge on any atom is 0.348 e. The molecule has 4 aromatic carbocycles. The van der Waals surface area contributed by atoms with Crippen LogP contribution in [0.15, 0.2) is 108 Å². The standard InChI is InChI=1S/C18H21N5.C17H20N6.C17H19N5O.C16H19N5/c1-11-7-9-13(10-8-11)16-15-17(19)20-12(2)21-18(15)23(22-16)14-5-3-4-6-14;1-10-6-8-11(9-7-10)14-13-15(18)20-17(19)21-16(13)23(22-14)12-4-2-3-5-12;1-10-6-8-11(9-7-10)14-13-15(18)19-17(23)20-16(13)22(21-14)12-4-2-3-5-12;1-3-4-8-21-15-13(10-18-16(17)19-15)14(20-21)12-7-5-6-11(2)9-12/h7-10,14H,3-6H2,1-2H3,(H2,19,20,21);6-9,12H,2-5H2,1H3,(H4,18,19,20,21);6-9,12H,2-5H2,1H3,(H3,18,19,20,23);5-7,9-10H,3-4,8H2,1-2H3,(H2,17,18,19). The Kier molecular flexibility index (Phi) is 17.3. The molecule has 22 nitrogen and oxygen atoms in total. The van der Waals surface area contributed by atoms with E-state index >= 15 is 0 Å². The van der Waals surface area contributed by atoms with E-state index in [2.05, 4.69) is 139 Å². The highest BCUT2D eigenvalue weighted by atomic mass is 16.1. The molecule has 0 aliphatic heterocycles. The van der Waals surface area contributed by atoms with Gasteiger partial charge >= 0.3 is 5.69 Å². The van der Waals surface area contributed by atoms with Gasteiger partial charge in [-0.05, 0) is 85.6 Å². The fourth-order valence-electron chi connectivity index (χ4n) is 12.7. The zero-order chi connectivity index (χ0) is 62.7. The molecule has 8 heterocycles. The van der Waals surface area contributed by atoms with Crippen molar-refractivity contribution in [3.05, 3.63) is 142 Å². The summed E-state index contributed by atoms with van der Waals surface area (Å²) in [6.45, 7) is 13.2. The van der Waals surface area contributed by atoms with Crippen molar-refractivity contribution in [3.8, 4) is 45.0 Å². The summed E-state index contributed by atoms with van der Waals surface area (Å²) in [7, 11) is 0. The molecule has 0 atom stereocenters. The van der Waals surface area contributed by atoms with Crippen LogP contribution < -0.4 is 34.4 Å². The quantitative estimate of drug-likeness (QED) is 0.0741. The van der Waals surface area contributed by atoms with Crippen LogP contribution in [0.25, 0.3) is 89.2 Å². The lowest BCUT2D eigenvalue weighted by Gasteiger charge is -2.10. The van der Waals surface area contributed by atoms with Crippen molar-refractivity contribution in [2.75, 3.05) is 28.7 Å². The Balaban J connectivity index is 0.000000116. The number of hydrogen-bond acceptors (Lipinski definition) is 17. The maximum absolute atomic E-state index is 11.8. The average molecular weight is 1210 g/mol. The highest BCUT2D eigenvalue weighted by Gasteiger charge is 2.28. The van der Waals surface area contributed by atoms with Gasteiger partial charge in [0, 0.05) is 35.0 Å². The molecule has 0 amide bonds. The van der Waals surface area contributed by atoms with Gasteiger partial charge in [0.15, 0.2) is 22.6 Å². The number of unbranched alkanes of at least 4 members (excludes halogenated alkanes) is 1. The molecule has 0 saturated heterocycles. The summed E-state index contributed by atoms with van der Waals surface area (Å²) >= 11 is 0. The van der Waals surface area contributed by atoms with E-state index in [0.29, 0.717) is 47.1 Å². The predicted octanol–water partition coefficient (Wildman–Crippen LogP) is 12.9. The number of rotatable bonds is 10. The van der Waals surface area contributed by atoms with Gasteiger partial charge in [0.1, 0.15) is 46.1 Å². The summed E-state index contributed by atoms with van der Waals surface area (Å²) in [4.78, 5) is 44.6. The van der Waals surface area contributed by atoms with Crippen LogP contribution in [0.4, 0.5) is 29.4 Å². The van der Waals surface area contributed by atoms with Crippen molar-refractivity contribution < 1.29 is 0 Å². The Morgan fingerprint density at radius 2 is 0.922 bits per heavy atom. The van der Waals surface area contributed by atoms with Crippen molar-refractivity contribution in [3.63, 3.8) is 0 Å². The molecule has 0 bridgehead atoms. The van der Waals surface area contributed by atoms with E-state index in [1.165, 1.54) is 60.8 Å². The van der Waals surface area contributed by atoms with Crippen LogP contribution in [0.2, 0.25) is 0 Å². The fourth-order valence-corrected chi connectivity index (χ4v) is 12.7. The Bertz CT molecular complexity index is 4430. The van der Waals surface area contributed by atoms with Crippen LogP contribution in [0.5, 0.6) is 0 Å². The van der Waals surface area contributed by atoms with Gasteiger partial charge < -0.3 is 28.7 Å². The number of benzene rings is 4. The Labute approximate surface area is 521 Å². The van der Waals surface area contributed by atoms with Gasteiger partial charge in [-0.15, -0.1) is 0 Å². The van der Waals surface area contributed by atoms with E-state index in [9.17, 15) is 4.79 Å². The van der Waals surface area contributed by atoms with Crippen LogP contribution in [0.3, 0.4) is 0 Å². The number of H-pyrrole nitrogens is 1. The number of nitrogen functional groups attached to an aromatic ring is 5. The monoisotopic (exact) mass is 1210 g/mol. The minimum Gasteiger partial charge on any atom is -0.384 e. The van der Waals surface area contributed by atoms with Crippen LogP contribution in [0.1, 0.15) is 143 Å². The summed E-state index contributed by atoms with van der Waals surface area (Å²) in [6, 6.07) is 34.2. The zero-order valence-electron chi connectivity index (χ0n) is 52.2. The molecule has 3 saturated carbocycles. The Morgan fingerprint density at radius 3 is 1.41 bits per heavy atom. The first-order chi connectivity index (χ1) is 43.6. The average Bonchev–Trinajstić information content (AvgIpc) is 1.67. The van der Waals surface area contributed by atoms with E-state index in [1.807, 2.05) is 58.2 Å². The largest absolute Gasteiger partial charge is 0.384 e. The number of nitrogens with one attached hydrogen (secondary N) is 1. The van der Waals surface area contributed by atoms with Gasteiger partial charge in [0.05, 0.1) is 39.7 Å². The molecule has 3 fully saturated rings. The van der Waals surface area contributed by atoms with Crippen molar-refractivity contribution in [1.82, 2.24) is 79.0 Å². The topological polar surface area (TPSA) is 324 Å². The smallest absolute Gasteiger partial charge is 0.348 e. The number of anilines is 5. The van der Waals surface area contributed by atoms with Gasteiger partial charge in [0.2, 0.25) is 11.9 Å². The molecule has 462 valence electrons. The number of hydrogen-bond donors (Lipinski definition) is 6. The molecule has 8 aromatic heterocycles. The van der Waals surface area contributed by atoms with Gasteiger partial charge in [-0.2, -0.15) is 40.3 Å². The van der Waals surface area contributed by atoms with Crippen LogP contribution in [0, 0.1) is 34.6 Å². The van der Waals surface area contributed by atoms with E-state index in [1.54, 1.807) is 6.20 Å². The normalized spacial score (nSPS) is 14.5. The molecular weight excluding hydrogens is 1130 g/mol. The van der Waals surface area contributed by atoms with Gasteiger partial charge in [-0.1, -0.05) is 165 Å². The summed E-state index contributed by atoms with van der Waals surface area (Å²) in [6.07, 6.45) is 18.0. The van der Waals surface area contributed by atoms with Gasteiger partial charge in [-0.3, -0.25) is 4.98 Å². The molecule has 11 N–H and O–H groups in total. The second-order valence-corrected chi connectivity index (χ2v) is 24.2. The third-order valence-electron chi connectivity index (χ3n) is 17.4. The minimum atomic E-state index is -0.426. The molecular formula is C68H79N21O. The number of nitrogens with two attached hydrogens (primary N) is 5.